The maximum atomic E-state index is 15.2. The minimum atomic E-state index is -1.83. The van der Waals surface area contributed by atoms with Gasteiger partial charge in [-0.1, -0.05) is 54.6 Å². The van der Waals surface area contributed by atoms with Gasteiger partial charge in [-0.15, -0.1) is 0 Å². The van der Waals surface area contributed by atoms with Crippen molar-refractivity contribution < 1.29 is 38.7 Å². The second-order valence-corrected chi connectivity index (χ2v) is 15.2. The molecule has 236 valence electrons. The van der Waals surface area contributed by atoms with Gasteiger partial charge in [0.15, 0.2) is 5.78 Å². The number of thiocarbonyl (C=S) groups is 1. The van der Waals surface area contributed by atoms with Crippen LogP contribution in [0.15, 0.2) is 60.2 Å². The summed E-state index contributed by atoms with van der Waals surface area (Å²) in [5, 5.41) is 24.6. The third-order valence-electron chi connectivity index (χ3n) is 10.8. The fourth-order valence-corrected chi connectivity index (χ4v) is 10.1. The van der Waals surface area contributed by atoms with Crippen molar-refractivity contribution in [3.63, 3.8) is 0 Å². The minimum absolute atomic E-state index is 0.0944. The van der Waals surface area contributed by atoms with Gasteiger partial charge in [-0.3, -0.25) is 9.36 Å². The van der Waals surface area contributed by atoms with Gasteiger partial charge in [0.25, 0.3) is 5.17 Å². The van der Waals surface area contributed by atoms with Gasteiger partial charge in [-0.2, -0.15) is 0 Å². The molecule has 1 aromatic carbocycles. The van der Waals surface area contributed by atoms with Gasteiger partial charge in [0.1, 0.15) is 30.2 Å². The molecule has 0 radical (unpaired) electrons. The zero-order chi connectivity index (χ0) is 31.8. The van der Waals surface area contributed by atoms with Gasteiger partial charge in [0.2, 0.25) is 0 Å². The third-order valence-corrected chi connectivity index (χ3v) is 13.6. The van der Waals surface area contributed by atoms with E-state index in [-0.39, 0.29) is 36.0 Å². The minimum Gasteiger partial charge on any atom is -0.466 e. The van der Waals surface area contributed by atoms with Crippen LogP contribution in [-0.2, 0) is 23.7 Å². The lowest BCUT2D eigenvalue weighted by Gasteiger charge is -2.68. The first kappa shape index (κ1) is 31.7. The van der Waals surface area contributed by atoms with Crippen molar-refractivity contribution in [2.75, 3.05) is 13.7 Å². The highest BCUT2D eigenvalue weighted by molar-refractivity contribution is 14.1. The summed E-state index contributed by atoms with van der Waals surface area (Å²) in [7, 11) is 1.45. The fourth-order valence-electron chi connectivity index (χ4n) is 8.05. The highest BCUT2D eigenvalue weighted by Crippen LogP contribution is 2.67. The van der Waals surface area contributed by atoms with Gasteiger partial charge in [0, 0.05) is 43.7 Å². The molecule has 10 nitrogen and oxygen atoms in total. The topological polar surface area (TPSA) is 129 Å². The first-order valence-electron chi connectivity index (χ1n) is 14.7. The normalized spacial score (nSPS) is 39.2. The smallest absolute Gasteiger partial charge is 0.338 e. The van der Waals surface area contributed by atoms with Crippen molar-refractivity contribution in [2.24, 2.45) is 16.7 Å². The lowest BCUT2D eigenvalue weighted by atomic mass is 9.45. The van der Waals surface area contributed by atoms with Crippen molar-refractivity contribution in [1.29, 1.82) is 0 Å². The largest absolute Gasteiger partial charge is 0.466 e. The Morgan fingerprint density at radius 1 is 1.20 bits per heavy atom. The average Bonchev–Trinajstić information content (AvgIpc) is 3.52. The van der Waals surface area contributed by atoms with Crippen LogP contribution in [0, 0.1) is 16.7 Å². The number of ether oxygens (including phenoxy) is 4. The summed E-state index contributed by atoms with van der Waals surface area (Å²) in [5.74, 6) is -1.27. The molecule has 0 unspecified atom stereocenters. The number of benzene rings is 1. The number of aromatic nitrogens is 2. The molecule has 1 aromatic heterocycles. The van der Waals surface area contributed by atoms with Crippen molar-refractivity contribution in [3.8, 4) is 0 Å². The maximum absolute atomic E-state index is 15.2. The molecule has 1 aliphatic heterocycles. The Morgan fingerprint density at radius 2 is 1.91 bits per heavy atom. The standard InChI is InChI=1S/C32H37IN2O8S/c1-17-20(36)14-31(39)27(43-26(38)18-9-7-6-8-10-18)32(33)19-15-41-21(19)13-22(42-28(44)35-12-11-34-16-35)30(32,4)25(37)24(40-5)23(17)29(31,2)3/h6-12,16,19-22,24,27,36,39H,13-15H2,1-5H3/t19-,20+,21-,22+,24-,27-,30+,31-,32-/m1/s1. The molecule has 2 bridgehead atoms. The van der Waals surface area contributed by atoms with Gasteiger partial charge in [-0.25, -0.2) is 9.78 Å². The van der Waals surface area contributed by atoms with Crippen LogP contribution in [0.4, 0.5) is 0 Å². The number of hydrogen-bond acceptors (Lipinski definition) is 10. The number of hydrogen-bond donors (Lipinski definition) is 2. The first-order valence-corrected chi connectivity index (χ1v) is 16.2. The summed E-state index contributed by atoms with van der Waals surface area (Å²) in [6.45, 7) is 7.49. The van der Waals surface area contributed by atoms with Crippen LogP contribution >= 0.6 is 34.8 Å². The van der Waals surface area contributed by atoms with E-state index in [1.54, 1.807) is 61.1 Å². The van der Waals surface area contributed by atoms with E-state index in [4.69, 9.17) is 31.2 Å². The summed E-state index contributed by atoms with van der Waals surface area (Å²) in [4.78, 5) is 33.2. The van der Waals surface area contributed by atoms with Gasteiger partial charge in [0.05, 0.1) is 33.2 Å². The Kier molecular flexibility index (Phi) is 7.89. The molecule has 6 rings (SSSR count). The summed E-state index contributed by atoms with van der Waals surface area (Å²) >= 11 is 7.88. The molecule has 2 aromatic rings. The number of aliphatic hydroxyl groups excluding tert-OH is 1. The van der Waals surface area contributed by atoms with Crippen LogP contribution in [0.25, 0.3) is 0 Å². The Labute approximate surface area is 275 Å². The fraction of sp³-hybridized carbons (Fsp3) is 0.562. The lowest BCUT2D eigenvalue weighted by Crippen LogP contribution is -2.81. The van der Waals surface area contributed by atoms with Crippen LogP contribution in [0.5, 0.6) is 0 Å². The van der Waals surface area contributed by atoms with Crippen LogP contribution < -0.4 is 0 Å². The van der Waals surface area contributed by atoms with E-state index in [1.165, 1.54) is 13.4 Å². The molecule has 12 heteroatoms. The number of ketones is 1. The van der Waals surface area contributed by atoms with Crippen LogP contribution in [0.1, 0.15) is 50.9 Å². The summed E-state index contributed by atoms with van der Waals surface area (Å²) in [6, 6.07) is 8.54. The summed E-state index contributed by atoms with van der Waals surface area (Å²) in [6.07, 6.45) is 0.237. The number of carbonyl (C=O) groups is 2. The molecule has 2 saturated carbocycles. The molecular weight excluding hydrogens is 699 g/mol. The van der Waals surface area contributed by atoms with E-state index in [2.05, 4.69) is 27.6 Å². The number of methoxy groups -OCH3 is 1. The Balaban J connectivity index is 1.61. The number of Topliss-reactive ketones (excluding diaryl/α,β-unsaturated/α-hetero) is 1. The lowest BCUT2D eigenvalue weighted by molar-refractivity contribution is -0.257. The summed E-state index contributed by atoms with van der Waals surface area (Å²) in [5.41, 5.74) is -3.11. The molecule has 1 saturated heterocycles. The molecule has 2 heterocycles. The molecule has 0 spiro atoms. The zero-order valence-corrected chi connectivity index (χ0v) is 28.2. The van der Waals surface area contributed by atoms with Crippen molar-refractivity contribution in [1.82, 2.24) is 9.55 Å². The number of imidazole rings is 1. The SMILES string of the molecule is CO[C@H]1C(=O)[C@]2(C)[C@@H](OC(=S)n3ccnc3)C[C@H]3OC[C@H]3[C@@]2(I)[C@H](OC(=O)c2ccccc2)[C@]2(O)C[C@H](O)C(C)=C1C2(C)C. The Hall–Kier alpha value is -2.23. The van der Waals surface area contributed by atoms with E-state index in [0.717, 1.165) is 0 Å². The quantitative estimate of drug-likeness (QED) is 0.158. The number of fused-ring (bicyclic) bond motifs is 5. The van der Waals surface area contributed by atoms with Crippen molar-refractivity contribution in [3.05, 3.63) is 65.8 Å². The summed E-state index contributed by atoms with van der Waals surface area (Å²) < 4.78 is 25.3. The van der Waals surface area contributed by atoms with E-state index in [9.17, 15) is 15.0 Å². The second-order valence-electron chi connectivity index (χ2n) is 13.0. The molecule has 0 amide bonds. The highest BCUT2D eigenvalue weighted by Gasteiger charge is 2.79. The molecule has 3 fully saturated rings. The van der Waals surface area contributed by atoms with E-state index >= 15 is 4.79 Å². The highest BCUT2D eigenvalue weighted by atomic mass is 127. The van der Waals surface area contributed by atoms with Crippen molar-refractivity contribution >= 4 is 51.7 Å². The molecular formula is C32H37IN2O8S. The predicted octanol–water partition coefficient (Wildman–Crippen LogP) is 3.66. The maximum Gasteiger partial charge on any atom is 0.338 e. The van der Waals surface area contributed by atoms with Crippen LogP contribution in [0.2, 0.25) is 0 Å². The zero-order valence-electron chi connectivity index (χ0n) is 25.2. The number of esters is 1. The number of rotatable bonds is 4. The number of nitrogens with zero attached hydrogens (tertiary/aromatic N) is 2. The average molecular weight is 737 g/mol. The third kappa shape index (κ3) is 4.24. The number of carbonyl (C=O) groups excluding carboxylic acids is 2. The predicted molar refractivity (Wildman–Crippen MR) is 171 cm³/mol. The van der Waals surface area contributed by atoms with E-state index < -0.39 is 50.2 Å². The number of alkyl halides is 1. The molecule has 9 atom stereocenters. The second kappa shape index (κ2) is 10.9. The first-order chi connectivity index (χ1) is 20.7. The van der Waals surface area contributed by atoms with Gasteiger partial charge < -0.3 is 29.2 Å². The van der Waals surface area contributed by atoms with Gasteiger partial charge >= 0.3 is 5.97 Å². The molecule has 4 aliphatic rings. The van der Waals surface area contributed by atoms with Gasteiger partial charge in [-0.05, 0) is 49.3 Å². The Morgan fingerprint density at radius 3 is 2.50 bits per heavy atom. The van der Waals surface area contributed by atoms with Crippen LogP contribution in [0.3, 0.4) is 0 Å². The molecule has 2 N–H and O–H groups in total. The monoisotopic (exact) mass is 736 g/mol. The number of aliphatic hydroxyl groups is 2. The number of halogens is 1. The van der Waals surface area contributed by atoms with Crippen LogP contribution in [-0.4, -0.2) is 90.0 Å². The molecule has 3 aliphatic carbocycles. The van der Waals surface area contributed by atoms with E-state index in [1.807, 2.05) is 13.8 Å². The molecule has 44 heavy (non-hydrogen) atoms. The van der Waals surface area contributed by atoms with E-state index in [0.29, 0.717) is 23.1 Å². The van der Waals surface area contributed by atoms with Crippen molar-refractivity contribution in [2.45, 2.75) is 80.1 Å². The Bertz CT molecular complexity index is 1520.